The Morgan fingerprint density at radius 2 is 1.52 bits per heavy atom. The van der Waals surface area contributed by atoms with Crippen LogP contribution in [0.2, 0.25) is 0 Å². The highest BCUT2D eigenvalue weighted by Crippen LogP contribution is 2.22. The first kappa shape index (κ1) is 22.2. The summed E-state index contributed by atoms with van der Waals surface area (Å²) in [7, 11) is 0. The topological polar surface area (TPSA) is 92.8 Å². The first-order chi connectivity index (χ1) is 14.9. The van der Waals surface area contributed by atoms with Crippen LogP contribution in [0, 0.1) is 0 Å². The molecule has 0 fully saturated rings. The van der Waals surface area contributed by atoms with Crippen molar-refractivity contribution in [2.45, 2.75) is 38.7 Å². The molecule has 1 N–H and O–H groups in total. The molecule has 3 amide bonds. The third kappa shape index (κ3) is 5.36. The molecule has 2 atom stereocenters. The Morgan fingerprint density at radius 3 is 2.13 bits per heavy atom. The van der Waals surface area contributed by atoms with E-state index in [4.69, 9.17) is 4.74 Å². The lowest BCUT2D eigenvalue weighted by molar-refractivity contribution is -0.154. The Labute approximate surface area is 181 Å². The summed E-state index contributed by atoms with van der Waals surface area (Å²) in [5.41, 5.74) is 1.87. The summed E-state index contributed by atoms with van der Waals surface area (Å²) in [6.07, 6.45) is -0.649. The van der Waals surface area contributed by atoms with Crippen LogP contribution in [0.15, 0.2) is 54.6 Å². The lowest BCUT2D eigenvalue weighted by atomic mass is 10.0. The van der Waals surface area contributed by atoms with Crippen LogP contribution < -0.4 is 5.32 Å². The van der Waals surface area contributed by atoms with Gasteiger partial charge >= 0.3 is 5.97 Å². The summed E-state index contributed by atoms with van der Waals surface area (Å²) in [5.74, 6) is -1.48. The van der Waals surface area contributed by atoms with Crippen molar-refractivity contribution in [1.82, 2.24) is 10.2 Å². The van der Waals surface area contributed by atoms with Crippen molar-refractivity contribution in [3.8, 4) is 0 Å². The number of carbonyl (C=O) groups is 4. The predicted octanol–water partition coefficient (Wildman–Crippen LogP) is 2.91. The van der Waals surface area contributed by atoms with E-state index in [1.165, 1.54) is 6.92 Å². The summed E-state index contributed by atoms with van der Waals surface area (Å²) < 4.78 is 5.19. The Kier molecular flexibility index (Phi) is 7.18. The average Bonchev–Trinajstić information content (AvgIpc) is 3.02. The second-order valence-electron chi connectivity index (χ2n) is 7.60. The van der Waals surface area contributed by atoms with Crippen LogP contribution >= 0.6 is 0 Å². The third-order valence-corrected chi connectivity index (χ3v) is 5.27. The monoisotopic (exact) mass is 422 g/mol. The molecule has 0 spiro atoms. The molecule has 162 valence electrons. The van der Waals surface area contributed by atoms with Gasteiger partial charge in [0.2, 0.25) is 0 Å². The first-order valence-electron chi connectivity index (χ1n) is 10.4. The van der Waals surface area contributed by atoms with Crippen molar-refractivity contribution in [2.24, 2.45) is 0 Å². The number of imide groups is 1. The number of hydrogen-bond donors (Lipinski definition) is 1. The summed E-state index contributed by atoms with van der Waals surface area (Å²) in [6, 6.07) is 16.5. The second-order valence-corrected chi connectivity index (χ2v) is 7.60. The van der Waals surface area contributed by atoms with E-state index in [1.807, 2.05) is 37.3 Å². The van der Waals surface area contributed by atoms with Gasteiger partial charge in [0.1, 0.15) is 0 Å². The van der Waals surface area contributed by atoms with E-state index in [1.54, 1.807) is 24.3 Å². The number of nitrogens with one attached hydrogen (secondary N) is 1. The maximum Gasteiger partial charge on any atom is 0.306 e. The molecule has 0 saturated heterocycles. The molecule has 0 unspecified atom stereocenters. The molecule has 7 heteroatoms. The van der Waals surface area contributed by atoms with E-state index in [-0.39, 0.29) is 43.0 Å². The van der Waals surface area contributed by atoms with E-state index >= 15 is 0 Å². The smallest absolute Gasteiger partial charge is 0.306 e. The van der Waals surface area contributed by atoms with Gasteiger partial charge in [0.05, 0.1) is 11.1 Å². The number of rotatable bonds is 9. The lowest BCUT2D eigenvalue weighted by Gasteiger charge is -2.17. The summed E-state index contributed by atoms with van der Waals surface area (Å²) in [6.45, 7) is 4.08. The Hall–Kier alpha value is -3.48. The van der Waals surface area contributed by atoms with Gasteiger partial charge in [0.15, 0.2) is 6.10 Å². The molecule has 7 nitrogen and oxygen atoms in total. The molecule has 1 heterocycles. The number of hydrogen-bond acceptors (Lipinski definition) is 5. The maximum atomic E-state index is 12.3. The van der Waals surface area contributed by atoms with Crippen molar-refractivity contribution in [3.05, 3.63) is 71.3 Å². The number of fused-ring (bicyclic) bond motifs is 1. The van der Waals surface area contributed by atoms with Crippen LogP contribution in [0.5, 0.6) is 0 Å². The van der Waals surface area contributed by atoms with Crippen molar-refractivity contribution in [2.75, 3.05) is 13.1 Å². The van der Waals surface area contributed by atoms with Gasteiger partial charge in [-0.05, 0) is 37.0 Å². The van der Waals surface area contributed by atoms with Gasteiger partial charge in [-0.1, -0.05) is 49.4 Å². The lowest BCUT2D eigenvalue weighted by Crippen LogP contribution is -2.37. The van der Waals surface area contributed by atoms with E-state index in [0.717, 1.165) is 10.5 Å². The molecule has 1 aliphatic rings. The van der Waals surface area contributed by atoms with E-state index in [2.05, 4.69) is 5.32 Å². The molecule has 31 heavy (non-hydrogen) atoms. The van der Waals surface area contributed by atoms with Crippen LogP contribution in [0.1, 0.15) is 58.9 Å². The number of benzene rings is 2. The molecule has 0 saturated carbocycles. The van der Waals surface area contributed by atoms with Gasteiger partial charge in [-0.2, -0.15) is 0 Å². The number of ether oxygens (including phenoxy) is 1. The molecule has 2 aromatic carbocycles. The third-order valence-electron chi connectivity index (χ3n) is 5.27. The SMILES string of the molecule is C[C@H](OC(=O)CCCN1C(=O)c2ccccc2C1=O)C(=O)NC[C@H](C)c1ccccc1. The molecular formula is C24H26N2O5. The fraction of sp³-hybridized carbons (Fsp3) is 0.333. The fourth-order valence-electron chi connectivity index (χ4n) is 3.43. The minimum Gasteiger partial charge on any atom is -0.453 e. The van der Waals surface area contributed by atoms with Crippen LogP contribution in [-0.2, 0) is 14.3 Å². The standard InChI is InChI=1S/C24H26N2O5/c1-16(18-9-4-3-5-10-18)15-25-22(28)17(2)31-21(27)13-8-14-26-23(29)19-11-6-7-12-20(19)24(26)30/h3-7,9-12,16-17H,8,13-15H2,1-2H3,(H,25,28)/t16-,17-/m0/s1. The molecule has 0 aliphatic carbocycles. The van der Waals surface area contributed by atoms with Gasteiger partial charge in [0.25, 0.3) is 17.7 Å². The van der Waals surface area contributed by atoms with Gasteiger partial charge in [-0.15, -0.1) is 0 Å². The quantitative estimate of drug-likeness (QED) is 0.495. The predicted molar refractivity (Wildman–Crippen MR) is 114 cm³/mol. The zero-order chi connectivity index (χ0) is 22.4. The molecule has 0 aromatic heterocycles. The normalized spacial score (nSPS) is 14.7. The molecule has 1 aliphatic heterocycles. The van der Waals surface area contributed by atoms with Crippen LogP contribution in [0.4, 0.5) is 0 Å². The number of carbonyl (C=O) groups excluding carboxylic acids is 4. The van der Waals surface area contributed by atoms with Crippen molar-refractivity contribution < 1.29 is 23.9 Å². The maximum absolute atomic E-state index is 12.3. The summed E-state index contributed by atoms with van der Waals surface area (Å²) in [5, 5.41) is 2.79. The fourth-order valence-corrected chi connectivity index (χ4v) is 3.43. The molecule has 3 rings (SSSR count). The van der Waals surface area contributed by atoms with Crippen LogP contribution in [0.3, 0.4) is 0 Å². The van der Waals surface area contributed by atoms with Gasteiger partial charge in [0, 0.05) is 19.5 Å². The van der Waals surface area contributed by atoms with Gasteiger partial charge in [-0.25, -0.2) is 0 Å². The highest BCUT2D eigenvalue weighted by atomic mass is 16.5. The minimum atomic E-state index is -0.922. The average molecular weight is 422 g/mol. The highest BCUT2D eigenvalue weighted by Gasteiger charge is 2.34. The number of amides is 3. The molecule has 0 radical (unpaired) electrons. The summed E-state index contributed by atoms with van der Waals surface area (Å²) >= 11 is 0. The Morgan fingerprint density at radius 1 is 0.935 bits per heavy atom. The second kappa shape index (κ2) is 10.0. The van der Waals surface area contributed by atoms with Crippen molar-refractivity contribution in [3.63, 3.8) is 0 Å². The number of nitrogens with zero attached hydrogens (tertiary/aromatic N) is 1. The Bertz CT molecular complexity index is 938. The zero-order valence-corrected chi connectivity index (χ0v) is 17.7. The van der Waals surface area contributed by atoms with E-state index in [9.17, 15) is 19.2 Å². The molecule has 2 aromatic rings. The van der Waals surface area contributed by atoms with Crippen LogP contribution in [-0.4, -0.2) is 47.8 Å². The largest absolute Gasteiger partial charge is 0.453 e. The van der Waals surface area contributed by atoms with Crippen molar-refractivity contribution in [1.29, 1.82) is 0 Å². The minimum absolute atomic E-state index is 0.00540. The zero-order valence-electron chi connectivity index (χ0n) is 17.7. The number of esters is 1. The van der Waals surface area contributed by atoms with E-state index in [0.29, 0.717) is 17.7 Å². The first-order valence-corrected chi connectivity index (χ1v) is 10.4. The van der Waals surface area contributed by atoms with Gasteiger partial charge in [-0.3, -0.25) is 24.1 Å². The van der Waals surface area contributed by atoms with Gasteiger partial charge < -0.3 is 10.1 Å². The van der Waals surface area contributed by atoms with Crippen LogP contribution in [0.25, 0.3) is 0 Å². The Balaban J connectivity index is 1.39. The molecule has 0 bridgehead atoms. The molecular weight excluding hydrogens is 396 g/mol. The summed E-state index contributed by atoms with van der Waals surface area (Å²) in [4.78, 5) is 50.1. The van der Waals surface area contributed by atoms with Crippen molar-refractivity contribution >= 4 is 23.7 Å². The van der Waals surface area contributed by atoms with E-state index < -0.39 is 12.1 Å². The highest BCUT2D eigenvalue weighted by molar-refractivity contribution is 6.21.